The van der Waals surface area contributed by atoms with Crippen LogP contribution in [0.3, 0.4) is 0 Å². The topological polar surface area (TPSA) is 69.1 Å². The lowest BCUT2D eigenvalue weighted by atomic mass is 10.2. The summed E-state index contributed by atoms with van der Waals surface area (Å²) in [7, 11) is 3.37. The van der Waals surface area contributed by atoms with Gasteiger partial charge in [0.1, 0.15) is 11.5 Å². The fourth-order valence-electron chi connectivity index (χ4n) is 2.99. The van der Waals surface area contributed by atoms with Crippen molar-refractivity contribution in [2.24, 2.45) is 4.99 Å². The van der Waals surface area contributed by atoms with E-state index in [0.717, 1.165) is 30.4 Å². The summed E-state index contributed by atoms with van der Waals surface area (Å²) in [4.78, 5) is 6.74. The fraction of sp³-hybridized carbons (Fsp3) is 0.588. The third-order valence-electron chi connectivity index (χ3n) is 4.37. The molecule has 1 aromatic carbocycles. The van der Waals surface area contributed by atoms with E-state index >= 15 is 0 Å². The Morgan fingerprint density at radius 2 is 2.21 bits per heavy atom. The van der Waals surface area contributed by atoms with Crippen LogP contribution in [0.5, 0.6) is 11.5 Å². The van der Waals surface area contributed by atoms with Gasteiger partial charge in [0.05, 0.1) is 7.11 Å². The second kappa shape index (κ2) is 10.6. The van der Waals surface area contributed by atoms with E-state index in [1.54, 1.807) is 26.3 Å². The molecule has 0 aromatic heterocycles. The van der Waals surface area contributed by atoms with Gasteiger partial charge in [0, 0.05) is 31.7 Å². The molecular formula is C17H29IN4O2. The van der Waals surface area contributed by atoms with Crippen molar-refractivity contribution in [1.29, 1.82) is 0 Å². The number of likely N-dealkylation sites (N-methyl/N-ethyl adjacent to an activating group) is 1. The average Bonchev–Trinajstić information content (AvgIpc) is 3.04. The second-order valence-electron chi connectivity index (χ2n) is 5.73. The summed E-state index contributed by atoms with van der Waals surface area (Å²) in [6, 6.07) is 5.78. The van der Waals surface area contributed by atoms with Gasteiger partial charge in [-0.3, -0.25) is 9.89 Å². The number of methoxy groups -OCH3 is 1. The molecule has 0 radical (unpaired) electrons. The van der Waals surface area contributed by atoms with Crippen LogP contribution in [-0.4, -0.2) is 55.8 Å². The minimum Gasteiger partial charge on any atom is -0.508 e. The Kier molecular flexibility index (Phi) is 9.20. The Balaban J connectivity index is 0.00000288. The molecule has 24 heavy (non-hydrogen) atoms. The molecule has 1 aliphatic heterocycles. The number of phenols is 1. The monoisotopic (exact) mass is 448 g/mol. The highest BCUT2D eigenvalue weighted by atomic mass is 127. The van der Waals surface area contributed by atoms with E-state index in [9.17, 15) is 5.11 Å². The standard InChI is InChI=1S/C17H28N4O2.HI/c1-4-21-9-5-6-14(21)12-20-17(18-2)19-11-13-10-15(23-3)7-8-16(13)22;/h7-8,10,14,22H,4-6,9,11-12H2,1-3H3,(H2,18,19,20);1H. The number of hydrogen-bond acceptors (Lipinski definition) is 4. The van der Waals surface area contributed by atoms with Crippen LogP contribution < -0.4 is 15.4 Å². The van der Waals surface area contributed by atoms with Crippen LogP contribution in [-0.2, 0) is 6.54 Å². The molecular weight excluding hydrogens is 419 g/mol. The van der Waals surface area contributed by atoms with Gasteiger partial charge in [0.2, 0.25) is 0 Å². The minimum absolute atomic E-state index is 0. The molecule has 1 atom stereocenters. The van der Waals surface area contributed by atoms with E-state index in [0.29, 0.717) is 12.6 Å². The number of nitrogens with zero attached hydrogens (tertiary/aromatic N) is 2. The Labute approximate surface area is 161 Å². The fourth-order valence-corrected chi connectivity index (χ4v) is 2.99. The van der Waals surface area contributed by atoms with Crippen LogP contribution >= 0.6 is 24.0 Å². The molecule has 7 heteroatoms. The van der Waals surface area contributed by atoms with Crippen molar-refractivity contribution >= 4 is 29.9 Å². The Bertz CT molecular complexity index is 539. The lowest BCUT2D eigenvalue weighted by molar-refractivity contribution is 0.267. The zero-order valence-electron chi connectivity index (χ0n) is 14.7. The zero-order valence-corrected chi connectivity index (χ0v) is 17.0. The summed E-state index contributed by atoms with van der Waals surface area (Å²) >= 11 is 0. The molecule has 0 amide bonds. The lowest BCUT2D eigenvalue weighted by Crippen LogP contribution is -2.44. The number of halogens is 1. The normalized spacial score (nSPS) is 18.1. The first-order valence-corrected chi connectivity index (χ1v) is 8.22. The third-order valence-corrected chi connectivity index (χ3v) is 4.37. The van der Waals surface area contributed by atoms with Crippen LogP contribution in [0.2, 0.25) is 0 Å². The summed E-state index contributed by atoms with van der Waals surface area (Å²) < 4.78 is 5.19. The van der Waals surface area contributed by atoms with E-state index in [2.05, 4.69) is 27.4 Å². The number of benzene rings is 1. The van der Waals surface area contributed by atoms with E-state index in [1.165, 1.54) is 19.4 Å². The molecule has 136 valence electrons. The summed E-state index contributed by atoms with van der Waals surface area (Å²) in [6.45, 7) is 5.86. The SMILES string of the molecule is CCN1CCCC1CNC(=NC)NCc1cc(OC)ccc1O.I. The molecule has 1 heterocycles. The number of hydrogen-bond donors (Lipinski definition) is 3. The van der Waals surface area contributed by atoms with Crippen molar-refractivity contribution in [1.82, 2.24) is 15.5 Å². The Hall–Kier alpha value is -1.22. The predicted molar refractivity (Wildman–Crippen MR) is 109 cm³/mol. The Morgan fingerprint density at radius 1 is 1.42 bits per heavy atom. The maximum absolute atomic E-state index is 9.92. The summed E-state index contributed by atoms with van der Waals surface area (Å²) in [5, 5.41) is 16.5. The minimum atomic E-state index is 0. The van der Waals surface area contributed by atoms with Crippen LogP contribution in [0, 0.1) is 0 Å². The van der Waals surface area contributed by atoms with Crippen molar-refractivity contribution in [3.05, 3.63) is 23.8 Å². The molecule has 3 N–H and O–H groups in total. The smallest absolute Gasteiger partial charge is 0.191 e. The number of phenolic OH excluding ortho intramolecular Hbond substituents is 1. The van der Waals surface area contributed by atoms with E-state index < -0.39 is 0 Å². The van der Waals surface area contributed by atoms with Crippen molar-refractivity contribution < 1.29 is 9.84 Å². The van der Waals surface area contributed by atoms with Gasteiger partial charge in [-0.25, -0.2) is 0 Å². The molecule has 6 nitrogen and oxygen atoms in total. The van der Waals surface area contributed by atoms with Crippen LogP contribution in [0.15, 0.2) is 23.2 Å². The highest BCUT2D eigenvalue weighted by Crippen LogP contribution is 2.22. The van der Waals surface area contributed by atoms with E-state index in [4.69, 9.17) is 4.74 Å². The lowest BCUT2D eigenvalue weighted by Gasteiger charge is -2.24. The molecule has 1 unspecified atom stereocenters. The number of ether oxygens (including phenoxy) is 1. The van der Waals surface area contributed by atoms with Gasteiger partial charge >= 0.3 is 0 Å². The molecule has 1 fully saturated rings. The largest absolute Gasteiger partial charge is 0.508 e. The number of rotatable bonds is 6. The van der Waals surface area contributed by atoms with Gasteiger partial charge in [-0.2, -0.15) is 0 Å². The second-order valence-corrected chi connectivity index (χ2v) is 5.73. The number of aromatic hydroxyl groups is 1. The van der Waals surface area contributed by atoms with E-state index in [1.807, 2.05) is 6.07 Å². The van der Waals surface area contributed by atoms with Crippen molar-refractivity contribution in [3.63, 3.8) is 0 Å². The highest BCUT2D eigenvalue weighted by molar-refractivity contribution is 14.0. The van der Waals surface area contributed by atoms with Crippen LogP contribution in [0.25, 0.3) is 0 Å². The maximum Gasteiger partial charge on any atom is 0.191 e. The molecule has 0 aliphatic carbocycles. The number of nitrogens with one attached hydrogen (secondary N) is 2. The van der Waals surface area contributed by atoms with Gasteiger partial charge in [-0.1, -0.05) is 6.92 Å². The average molecular weight is 448 g/mol. The van der Waals surface area contributed by atoms with Gasteiger partial charge < -0.3 is 20.5 Å². The zero-order chi connectivity index (χ0) is 16.7. The summed E-state index contributed by atoms with van der Waals surface area (Å²) in [6.07, 6.45) is 2.50. The van der Waals surface area contributed by atoms with Gasteiger partial charge in [0.15, 0.2) is 5.96 Å². The number of guanidine groups is 1. The first-order valence-electron chi connectivity index (χ1n) is 8.22. The molecule has 0 saturated carbocycles. The quantitative estimate of drug-likeness (QED) is 0.354. The van der Waals surface area contributed by atoms with Crippen LogP contribution in [0.4, 0.5) is 0 Å². The van der Waals surface area contributed by atoms with Crippen molar-refractivity contribution in [2.75, 3.05) is 33.8 Å². The molecule has 2 rings (SSSR count). The van der Waals surface area contributed by atoms with Gasteiger partial charge in [0.25, 0.3) is 0 Å². The predicted octanol–water partition coefficient (Wildman–Crippen LogP) is 2.17. The highest BCUT2D eigenvalue weighted by Gasteiger charge is 2.22. The first kappa shape index (κ1) is 20.8. The molecule has 1 saturated heterocycles. The molecule has 1 aromatic rings. The van der Waals surface area contributed by atoms with Gasteiger partial charge in [-0.05, 0) is 44.1 Å². The van der Waals surface area contributed by atoms with Crippen molar-refractivity contribution in [2.45, 2.75) is 32.4 Å². The van der Waals surface area contributed by atoms with E-state index in [-0.39, 0.29) is 29.7 Å². The Morgan fingerprint density at radius 3 is 2.88 bits per heavy atom. The summed E-state index contributed by atoms with van der Waals surface area (Å²) in [5.74, 6) is 1.73. The van der Waals surface area contributed by atoms with Gasteiger partial charge in [-0.15, -0.1) is 24.0 Å². The maximum atomic E-state index is 9.92. The van der Waals surface area contributed by atoms with Crippen molar-refractivity contribution in [3.8, 4) is 11.5 Å². The summed E-state index contributed by atoms with van der Waals surface area (Å²) in [5.41, 5.74) is 0.781. The first-order chi connectivity index (χ1) is 11.2. The third kappa shape index (κ3) is 5.70. The van der Waals surface area contributed by atoms with Crippen LogP contribution in [0.1, 0.15) is 25.3 Å². The number of likely N-dealkylation sites (tertiary alicyclic amines) is 1. The number of aliphatic imine (C=N–C) groups is 1. The molecule has 0 spiro atoms. The molecule has 0 bridgehead atoms. The molecule has 1 aliphatic rings.